The Morgan fingerprint density at radius 1 is 1.10 bits per heavy atom. The van der Waals surface area contributed by atoms with Crippen molar-refractivity contribution in [3.63, 3.8) is 0 Å². The quantitative estimate of drug-likeness (QED) is 0.415. The number of hydrogen-bond acceptors (Lipinski definition) is 4. The van der Waals surface area contributed by atoms with E-state index < -0.39 is 27.4 Å². The minimum absolute atomic E-state index is 0.131. The molecular weight excluding hydrogens is 417 g/mol. The van der Waals surface area contributed by atoms with Crippen LogP contribution >= 0.6 is 0 Å². The summed E-state index contributed by atoms with van der Waals surface area (Å²) >= 11 is 0. The van der Waals surface area contributed by atoms with Gasteiger partial charge in [-0.1, -0.05) is 11.6 Å². The van der Waals surface area contributed by atoms with Crippen LogP contribution in [0.1, 0.15) is 73.2 Å². The Bertz CT molecular complexity index is 1010. The maximum atomic E-state index is 14.8. The van der Waals surface area contributed by atoms with Gasteiger partial charge in [0, 0.05) is 19.2 Å². The zero-order chi connectivity index (χ0) is 21.6. The van der Waals surface area contributed by atoms with Crippen LogP contribution in [0.2, 0.25) is 0 Å². The van der Waals surface area contributed by atoms with E-state index in [0.717, 1.165) is 50.0 Å². The van der Waals surface area contributed by atoms with E-state index in [9.17, 15) is 17.6 Å². The van der Waals surface area contributed by atoms with E-state index in [1.807, 2.05) is 0 Å². The van der Waals surface area contributed by atoms with Crippen molar-refractivity contribution < 1.29 is 22.3 Å². The molecule has 7 heteroatoms. The number of rotatable bonds is 9. The number of benzene rings is 1. The summed E-state index contributed by atoms with van der Waals surface area (Å²) < 4.78 is 46.8. The first-order valence-corrected chi connectivity index (χ1v) is 13.2. The standard InChI is InChI=1S/C24H30FNO4S/c25-22-13-24(30-14-16-2-4-17(5-3-16)18-6-7-18)20(19-8-9-19)12-21(22)23(27)15-31(28,29)26-10-1-11-26/h4,12-13,16,18-19H,1-3,5-11,14-15H2. The molecule has 0 radical (unpaired) electrons. The number of allylic oxidation sites excluding steroid dienone is 2. The average molecular weight is 448 g/mol. The van der Waals surface area contributed by atoms with Crippen molar-refractivity contribution >= 4 is 15.8 Å². The summed E-state index contributed by atoms with van der Waals surface area (Å²) in [6.07, 6.45) is 11.1. The SMILES string of the molecule is O=C(CS(=O)(=O)N1CCC1)c1cc(C2CC2)c(OCC2CC=C(C3CC3)CC2)cc1F. The zero-order valence-corrected chi connectivity index (χ0v) is 18.6. The van der Waals surface area contributed by atoms with Crippen LogP contribution in [0.5, 0.6) is 5.75 Å². The largest absolute Gasteiger partial charge is 0.493 e. The van der Waals surface area contributed by atoms with Crippen molar-refractivity contribution in [1.82, 2.24) is 4.31 Å². The van der Waals surface area contributed by atoms with Gasteiger partial charge in [-0.25, -0.2) is 17.1 Å². The van der Waals surface area contributed by atoms with Crippen LogP contribution in [0.15, 0.2) is 23.8 Å². The maximum Gasteiger partial charge on any atom is 0.221 e. The van der Waals surface area contributed by atoms with Crippen molar-refractivity contribution in [3.8, 4) is 5.75 Å². The second-order valence-electron chi connectivity index (χ2n) is 9.58. The molecule has 1 heterocycles. The number of halogens is 1. The van der Waals surface area contributed by atoms with Crippen molar-refractivity contribution in [2.24, 2.45) is 11.8 Å². The van der Waals surface area contributed by atoms with E-state index in [2.05, 4.69) is 6.08 Å². The number of ketones is 1. The summed E-state index contributed by atoms with van der Waals surface area (Å²) in [6, 6.07) is 2.84. The van der Waals surface area contributed by atoms with Gasteiger partial charge in [-0.2, -0.15) is 0 Å². The lowest BCUT2D eigenvalue weighted by Gasteiger charge is -2.29. The molecule has 5 nitrogen and oxygen atoms in total. The van der Waals surface area contributed by atoms with E-state index in [1.54, 1.807) is 11.6 Å². The molecule has 1 aliphatic heterocycles. The predicted molar refractivity (Wildman–Crippen MR) is 116 cm³/mol. The molecule has 3 aliphatic carbocycles. The van der Waals surface area contributed by atoms with Gasteiger partial charge in [0.2, 0.25) is 10.0 Å². The highest BCUT2D eigenvalue weighted by molar-refractivity contribution is 7.89. The number of sulfonamides is 1. The monoisotopic (exact) mass is 447 g/mol. The molecule has 1 saturated heterocycles. The third kappa shape index (κ3) is 4.72. The molecule has 1 aromatic carbocycles. The van der Waals surface area contributed by atoms with Crippen LogP contribution in [0.25, 0.3) is 0 Å². The third-order valence-electron chi connectivity index (χ3n) is 7.07. The van der Waals surface area contributed by atoms with Crippen LogP contribution in [-0.2, 0) is 10.0 Å². The smallest absolute Gasteiger partial charge is 0.221 e. The third-order valence-corrected chi connectivity index (χ3v) is 8.85. The van der Waals surface area contributed by atoms with Crippen LogP contribution in [0.4, 0.5) is 4.39 Å². The van der Waals surface area contributed by atoms with E-state index in [0.29, 0.717) is 31.4 Å². The molecule has 1 atom stereocenters. The fourth-order valence-electron chi connectivity index (χ4n) is 4.62. The summed E-state index contributed by atoms with van der Waals surface area (Å²) in [5, 5.41) is 0. The summed E-state index contributed by atoms with van der Waals surface area (Å²) in [5.74, 6) is -0.00831. The van der Waals surface area contributed by atoms with Crippen molar-refractivity contribution in [3.05, 3.63) is 40.7 Å². The summed E-state index contributed by atoms with van der Waals surface area (Å²) in [6.45, 7) is 1.43. The predicted octanol–water partition coefficient (Wildman–Crippen LogP) is 4.44. The number of nitrogens with zero attached hydrogens (tertiary/aromatic N) is 1. The first kappa shape index (κ1) is 21.1. The van der Waals surface area contributed by atoms with Gasteiger partial charge >= 0.3 is 0 Å². The molecule has 3 fully saturated rings. The number of hydrogen-bond donors (Lipinski definition) is 0. The van der Waals surface area contributed by atoms with Crippen LogP contribution in [0, 0.1) is 17.7 Å². The van der Waals surface area contributed by atoms with E-state index in [-0.39, 0.29) is 11.5 Å². The molecule has 2 saturated carbocycles. The molecule has 0 spiro atoms. The molecule has 31 heavy (non-hydrogen) atoms. The van der Waals surface area contributed by atoms with Gasteiger partial charge in [0.25, 0.3) is 0 Å². The lowest BCUT2D eigenvalue weighted by atomic mass is 9.88. The molecule has 4 aliphatic rings. The molecule has 0 bridgehead atoms. The molecule has 0 aromatic heterocycles. The van der Waals surface area contributed by atoms with Crippen molar-refractivity contribution in [2.75, 3.05) is 25.4 Å². The van der Waals surface area contributed by atoms with Crippen LogP contribution in [-0.4, -0.2) is 44.0 Å². The van der Waals surface area contributed by atoms with Gasteiger partial charge < -0.3 is 4.74 Å². The molecule has 0 N–H and O–H groups in total. The number of Topliss-reactive ketones (excluding diaryl/α,β-unsaturated/α-hetero) is 1. The minimum Gasteiger partial charge on any atom is -0.493 e. The molecule has 1 unspecified atom stereocenters. The Hall–Kier alpha value is -1.73. The normalized spacial score (nSPS) is 24.4. The fraction of sp³-hybridized carbons (Fsp3) is 0.625. The molecule has 168 valence electrons. The molecular formula is C24H30FNO4S. The van der Waals surface area contributed by atoms with Gasteiger partial charge in [-0.15, -0.1) is 0 Å². The highest BCUT2D eigenvalue weighted by atomic mass is 32.2. The Labute approximate surface area is 183 Å². The second kappa shape index (κ2) is 8.32. The fourth-order valence-corrected chi connectivity index (χ4v) is 6.10. The number of ether oxygens (including phenoxy) is 1. The Balaban J connectivity index is 1.27. The molecule has 5 rings (SSSR count). The van der Waals surface area contributed by atoms with Crippen LogP contribution in [0.3, 0.4) is 0 Å². The Morgan fingerprint density at radius 2 is 1.84 bits per heavy atom. The molecule has 1 aromatic rings. The van der Waals surface area contributed by atoms with E-state index in [1.165, 1.54) is 23.2 Å². The lowest BCUT2D eigenvalue weighted by molar-refractivity contribution is 0.101. The lowest BCUT2D eigenvalue weighted by Crippen LogP contribution is -2.44. The second-order valence-corrected chi connectivity index (χ2v) is 11.5. The Kier molecular flexibility index (Phi) is 5.67. The highest BCUT2D eigenvalue weighted by Crippen LogP contribution is 2.46. The topological polar surface area (TPSA) is 63.7 Å². The average Bonchev–Trinajstić information content (AvgIpc) is 3.58. The van der Waals surface area contributed by atoms with Gasteiger partial charge in [0.05, 0.1) is 12.2 Å². The zero-order valence-electron chi connectivity index (χ0n) is 17.8. The first-order chi connectivity index (χ1) is 14.9. The maximum absolute atomic E-state index is 14.8. The number of carbonyl (C=O) groups excluding carboxylic acids is 1. The van der Waals surface area contributed by atoms with Gasteiger partial charge in [0.1, 0.15) is 17.3 Å². The van der Waals surface area contributed by atoms with Crippen LogP contribution < -0.4 is 4.74 Å². The Morgan fingerprint density at radius 3 is 2.42 bits per heavy atom. The first-order valence-electron chi connectivity index (χ1n) is 11.6. The van der Waals surface area contributed by atoms with Gasteiger partial charge in [0.15, 0.2) is 5.78 Å². The van der Waals surface area contributed by atoms with Crippen molar-refractivity contribution in [2.45, 2.75) is 57.3 Å². The number of carbonyl (C=O) groups is 1. The van der Waals surface area contributed by atoms with E-state index >= 15 is 0 Å². The van der Waals surface area contributed by atoms with Crippen molar-refractivity contribution in [1.29, 1.82) is 0 Å². The van der Waals surface area contributed by atoms with E-state index in [4.69, 9.17) is 4.74 Å². The van der Waals surface area contributed by atoms with Gasteiger partial charge in [-0.05, 0) is 80.8 Å². The summed E-state index contributed by atoms with van der Waals surface area (Å²) in [5.41, 5.74) is 2.32. The van der Waals surface area contributed by atoms with Gasteiger partial charge in [-0.3, -0.25) is 4.79 Å². The highest BCUT2D eigenvalue weighted by Gasteiger charge is 2.34. The summed E-state index contributed by atoms with van der Waals surface area (Å²) in [4.78, 5) is 12.6. The minimum atomic E-state index is -3.67. The summed E-state index contributed by atoms with van der Waals surface area (Å²) in [7, 11) is -3.67. The molecule has 0 amide bonds.